The number of rotatable bonds is 3. The summed E-state index contributed by atoms with van der Waals surface area (Å²) in [7, 11) is 0. The molecule has 0 saturated carbocycles. The zero-order valence-corrected chi connectivity index (χ0v) is 10.1. The first-order valence-electron chi connectivity index (χ1n) is 5.40. The van der Waals surface area contributed by atoms with Gasteiger partial charge in [0.25, 0.3) is 0 Å². The van der Waals surface area contributed by atoms with Crippen molar-refractivity contribution < 1.29 is 9.47 Å². The predicted octanol–water partition coefficient (Wildman–Crippen LogP) is 2.47. The minimum absolute atomic E-state index is 0.238. The summed E-state index contributed by atoms with van der Waals surface area (Å²) in [6, 6.07) is 3.57. The molecule has 0 amide bonds. The molecule has 0 saturated heterocycles. The van der Waals surface area contributed by atoms with Crippen LogP contribution in [0.25, 0.3) is 0 Å². The number of hydrogen-bond donors (Lipinski definition) is 1. The van der Waals surface area contributed by atoms with Gasteiger partial charge in [-0.3, -0.25) is 0 Å². The Morgan fingerprint density at radius 2 is 1.89 bits per heavy atom. The zero-order chi connectivity index (χ0) is 12.4. The fourth-order valence-corrected chi connectivity index (χ4v) is 1.89. The highest BCUT2D eigenvalue weighted by molar-refractivity contribution is 6.33. The van der Waals surface area contributed by atoms with E-state index in [2.05, 4.69) is 15.3 Å². The van der Waals surface area contributed by atoms with Gasteiger partial charge in [-0.2, -0.15) is 0 Å². The first kappa shape index (κ1) is 11.1. The summed E-state index contributed by atoms with van der Waals surface area (Å²) in [5, 5.41) is 3.81. The summed E-state index contributed by atoms with van der Waals surface area (Å²) >= 11 is 6.14. The van der Waals surface area contributed by atoms with Crippen LogP contribution in [0.15, 0.2) is 30.9 Å². The quantitative estimate of drug-likeness (QED) is 0.922. The molecule has 0 unspecified atom stereocenters. The fourth-order valence-electron chi connectivity index (χ4n) is 1.67. The van der Waals surface area contributed by atoms with E-state index in [1.807, 2.05) is 6.07 Å². The average Bonchev–Trinajstić information content (AvgIpc) is 2.84. The van der Waals surface area contributed by atoms with Gasteiger partial charge in [0.05, 0.1) is 10.7 Å². The van der Waals surface area contributed by atoms with Gasteiger partial charge >= 0.3 is 0 Å². The number of ether oxygens (including phenoxy) is 2. The molecule has 5 nitrogen and oxygen atoms in total. The van der Waals surface area contributed by atoms with E-state index < -0.39 is 0 Å². The molecule has 0 aliphatic carbocycles. The topological polar surface area (TPSA) is 56.3 Å². The van der Waals surface area contributed by atoms with Gasteiger partial charge < -0.3 is 14.8 Å². The maximum atomic E-state index is 6.14. The maximum Gasteiger partial charge on any atom is 0.231 e. The van der Waals surface area contributed by atoms with Crippen LogP contribution >= 0.6 is 11.6 Å². The van der Waals surface area contributed by atoms with Gasteiger partial charge in [0.15, 0.2) is 11.5 Å². The Labute approximate surface area is 109 Å². The second-order valence-corrected chi connectivity index (χ2v) is 4.19. The molecule has 1 N–H and O–H groups in total. The molecule has 1 aromatic carbocycles. The van der Waals surface area contributed by atoms with E-state index in [0.717, 1.165) is 11.3 Å². The Bertz CT molecular complexity index is 563. The average molecular weight is 264 g/mol. The van der Waals surface area contributed by atoms with Crippen LogP contribution in [-0.2, 0) is 6.54 Å². The number of halogens is 1. The van der Waals surface area contributed by atoms with Gasteiger partial charge in [0.2, 0.25) is 6.79 Å². The molecule has 0 atom stereocenters. The Balaban J connectivity index is 1.77. The molecule has 18 heavy (non-hydrogen) atoms. The minimum atomic E-state index is 0.238. The summed E-state index contributed by atoms with van der Waals surface area (Å²) in [5.41, 5.74) is 1.77. The summed E-state index contributed by atoms with van der Waals surface area (Å²) in [4.78, 5) is 7.90. The normalized spacial score (nSPS) is 12.5. The maximum absolute atomic E-state index is 6.14. The van der Waals surface area contributed by atoms with Crippen molar-refractivity contribution in [3.8, 4) is 11.5 Å². The van der Waals surface area contributed by atoms with Crippen molar-refractivity contribution in [1.82, 2.24) is 9.97 Å². The molecule has 0 bridgehead atoms. The summed E-state index contributed by atoms with van der Waals surface area (Å²) in [6.07, 6.45) is 5.00. The van der Waals surface area contributed by atoms with Gasteiger partial charge in [-0.05, 0) is 0 Å². The molecular weight excluding hydrogens is 254 g/mol. The molecule has 2 heterocycles. The molecule has 0 radical (unpaired) electrons. The van der Waals surface area contributed by atoms with E-state index in [4.69, 9.17) is 21.1 Å². The molecule has 1 aromatic heterocycles. The largest absolute Gasteiger partial charge is 0.454 e. The smallest absolute Gasteiger partial charge is 0.231 e. The summed E-state index contributed by atoms with van der Waals surface area (Å²) in [6.45, 7) is 0.835. The molecule has 6 heteroatoms. The Hall–Kier alpha value is -2.01. The van der Waals surface area contributed by atoms with Crippen LogP contribution < -0.4 is 14.8 Å². The van der Waals surface area contributed by atoms with Gasteiger partial charge in [-0.15, -0.1) is 0 Å². The lowest BCUT2D eigenvalue weighted by Gasteiger charge is -2.09. The van der Waals surface area contributed by atoms with E-state index in [9.17, 15) is 0 Å². The molecular formula is C12H10ClN3O2. The van der Waals surface area contributed by atoms with Crippen LogP contribution in [0.5, 0.6) is 11.5 Å². The van der Waals surface area contributed by atoms with E-state index in [1.54, 1.807) is 18.5 Å². The van der Waals surface area contributed by atoms with E-state index in [0.29, 0.717) is 23.1 Å². The Morgan fingerprint density at radius 1 is 1.17 bits per heavy atom. The number of hydrogen-bond acceptors (Lipinski definition) is 5. The molecule has 0 spiro atoms. The van der Waals surface area contributed by atoms with Crippen LogP contribution in [0.1, 0.15) is 5.56 Å². The van der Waals surface area contributed by atoms with Crippen molar-refractivity contribution in [2.24, 2.45) is 0 Å². The van der Waals surface area contributed by atoms with Crippen molar-refractivity contribution in [2.75, 3.05) is 12.1 Å². The van der Waals surface area contributed by atoms with Crippen LogP contribution in [0.4, 0.5) is 5.69 Å². The summed E-state index contributed by atoms with van der Waals surface area (Å²) in [5.74, 6) is 1.37. The molecule has 92 valence electrons. The highest BCUT2D eigenvalue weighted by atomic mass is 35.5. The SMILES string of the molecule is Clc1cc2c(cc1NCc1cncnc1)OCO2. The van der Waals surface area contributed by atoms with E-state index in [1.165, 1.54) is 6.33 Å². The molecule has 3 rings (SSSR count). The van der Waals surface area contributed by atoms with Crippen molar-refractivity contribution in [3.05, 3.63) is 41.4 Å². The van der Waals surface area contributed by atoms with Gasteiger partial charge in [-0.1, -0.05) is 11.6 Å². The van der Waals surface area contributed by atoms with E-state index >= 15 is 0 Å². The molecule has 1 aliphatic rings. The number of benzene rings is 1. The number of aromatic nitrogens is 2. The standard InChI is InChI=1S/C12H10ClN3O2/c13-9-1-11-12(18-7-17-11)2-10(9)16-5-8-3-14-6-15-4-8/h1-4,6,16H,5,7H2. The lowest BCUT2D eigenvalue weighted by Crippen LogP contribution is -2.00. The number of nitrogens with one attached hydrogen (secondary N) is 1. The highest BCUT2D eigenvalue weighted by Crippen LogP contribution is 2.39. The fraction of sp³-hybridized carbons (Fsp3) is 0.167. The number of anilines is 1. The molecule has 1 aliphatic heterocycles. The van der Waals surface area contributed by atoms with Gasteiger partial charge in [0, 0.05) is 36.6 Å². The molecule has 0 fully saturated rings. The van der Waals surface area contributed by atoms with Crippen LogP contribution in [-0.4, -0.2) is 16.8 Å². The predicted molar refractivity (Wildman–Crippen MR) is 66.9 cm³/mol. The van der Waals surface area contributed by atoms with Crippen LogP contribution in [0, 0.1) is 0 Å². The lowest BCUT2D eigenvalue weighted by atomic mass is 10.2. The van der Waals surface area contributed by atoms with Crippen molar-refractivity contribution in [2.45, 2.75) is 6.54 Å². The number of fused-ring (bicyclic) bond motifs is 1. The molecule has 2 aromatic rings. The van der Waals surface area contributed by atoms with Crippen molar-refractivity contribution in [3.63, 3.8) is 0 Å². The Morgan fingerprint density at radius 3 is 2.67 bits per heavy atom. The Kier molecular flexibility index (Phi) is 2.90. The third-order valence-corrected chi connectivity index (χ3v) is 2.87. The van der Waals surface area contributed by atoms with Gasteiger partial charge in [-0.25, -0.2) is 9.97 Å². The van der Waals surface area contributed by atoms with Crippen molar-refractivity contribution in [1.29, 1.82) is 0 Å². The lowest BCUT2D eigenvalue weighted by molar-refractivity contribution is 0.174. The third-order valence-electron chi connectivity index (χ3n) is 2.56. The second-order valence-electron chi connectivity index (χ2n) is 3.79. The van der Waals surface area contributed by atoms with Crippen LogP contribution in [0.3, 0.4) is 0 Å². The minimum Gasteiger partial charge on any atom is -0.454 e. The second kappa shape index (κ2) is 4.70. The summed E-state index contributed by atoms with van der Waals surface area (Å²) < 4.78 is 10.5. The first-order chi connectivity index (χ1) is 8.83. The monoisotopic (exact) mass is 263 g/mol. The number of nitrogens with zero attached hydrogens (tertiary/aromatic N) is 2. The highest BCUT2D eigenvalue weighted by Gasteiger charge is 2.16. The van der Waals surface area contributed by atoms with Crippen molar-refractivity contribution >= 4 is 17.3 Å². The van der Waals surface area contributed by atoms with E-state index in [-0.39, 0.29) is 6.79 Å². The third kappa shape index (κ3) is 2.17. The first-order valence-corrected chi connectivity index (χ1v) is 5.77. The van der Waals surface area contributed by atoms with Gasteiger partial charge in [0.1, 0.15) is 6.33 Å². The van der Waals surface area contributed by atoms with Crippen LogP contribution in [0.2, 0.25) is 5.02 Å². The zero-order valence-electron chi connectivity index (χ0n) is 9.39.